The number of phenolic OH excluding ortho intramolecular Hbond substituents is 1. The second-order valence-electron chi connectivity index (χ2n) is 2.59. The van der Waals surface area contributed by atoms with Crippen LogP contribution >= 0.6 is 24.2 Å². The molecule has 0 aliphatic rings. The van der Waals surface area contributed by atoms with E-state index in [9.17, 15) is 5.11 Å². The van der Waals surface area contributed by atoms with Crippen molar-refractivity contribution < 1.29 is 5.11 Å². The Morgan fingerprint density at radius 1 is 1.46 bits per heavy atom. The van der Waals surface area contributed by atoms with Crippen molar-refractivity contribution in [2.75, 3.05) is 5.75 Å². The van der Waals surface area contributed by atoms with E-state index in [0.717, 1.165) is 17.7 Å². The number of phenols is 1. The number of aromatic hydroxyl groups is 1. The van der Waals surface area contributed by atoms with Gasteiger partial charge in [0, 0.05) is 0 Å². The van der Waals surface area contributed by atoms with Crippen molar-refractivity contribution in [2.45, 2.75) is 6.42 Å². The zero-order valence-electron chi connectivity index (χ0n) is 7.07. The Kier molecular flexibility index (Phi) is 4.19. The van der Waals surface area contributed by atoms with Gasteiger partial charge in [0.05, 0.1) is 5.02 Å². The molecule has 0 atom stereocenters. The number of rotatable bonds is 3. The lowest BCUT2D eigenvalue weighted by Gasteiger charge is -1.99. The van der Waals surface area contributed by atoms with Crippen molar-refractivity contribution in [3.63, 3.8) is 0 Å². The van der Waals surface area contributed by atoms with Crippen LogP contribution in [0.3, 0.4) is 0 Å². The molecule has 0 saturated carbocycles. The normalized spacial score (nSPS) is 10.9. The van der Waals surface area contributed by atoms with Crippen molar-refractivity contribution in [3.8, 4) is 5.75 Å². The Morgan fingerprint density at radius 2 is 2.23 bits per heavy atom. The number of halogens is 1. The van der Waals surface area contributed by atoms with Crippen molar-refractivity contribution >= 4 is 30.3 Å². The van der Waals surface area contributed by atoms with Crippen LogP contribution in [0.15, 0.2) is 24.3 Å². The molecule has 0 amide bonds. The van der Waals surface area contributed by atoms with Crippen LogP contribution in [0.5, 0.6) is 5.75 Å². The van der Waals surface area contributed by atoms with E-state index in [-0.39, 0.29) is 5.75 Å². The molecule has 1 nitrogen and oxygen atoms in total. The maximum Gasteiger partial charge on any atom is 0.134 e. The summed E-state index contributed by atoms with van der Waals surface area (Å²) in [5.74, 6) is 0.933. The van der Waals surface area contributed by atoms with E-state index in [1.165, 1.54) is 0 Å². The summed E-state index contributed by atoms with van der Waals surface area (Å²) in [6.45, 7) is 0. The second kappa shape index (κ2) is 5.20. The minimum atomic E-state index is 0.120. The van der Waals surface area contributed by atoms with Gasteiger partial charge >= 0.3 is 0 Å². The van der Waals surface area contributed by atoms with Crippen LogP contribution in [0.1, 0.15) is 12.0 Å². The van der Waals surface area contributed by atoms with Crippen LogP contribution in [0.4, 0.5) is 0 Å². The molecule has 0 aromatic heterocycles. The highest BCUT2D eigenvalue weighted by atomic mass is 35.5. The Balaban J connectivity index is 2.83. The Bertz CT molecular complexity index is 310. The minimum Gasteiger partial charge on any atom is -0.506 e. The maximum atomic E-state index is 9.28. The van der Waals surface area contributed by atoms with Gasteiger partial charge in [0.15, 0.2) is 0 Å². The highest BCUT2D eigenvalue weighted by Crippen LogP contribution is 2.27. The van der Waals surface area contributed by atoms with Gasteiger partial charge in [-0.2, -0.15) is 12.6 Å². The first kappa shape index (κ1) is 10.5. The van der Waals surface area contributed by atoms with Crippen LogP contribution in [-0.4, -0.2) is 10.9 Å². The number of benzene rings is 1. The van der Waals surface area contributed by atoms with Crippen LogP contribution in [-0.2, 0) is 0 Å². The highest BCUT2D eigenvalue weighted by molar-refractivity contribution is 7.80. The van der Waals surface area contributed by atoms with E-state index in [0.29, 0.717) is 5.02 Å². The van der Waals surface area contributed by atoms with Crippen LogP contribution < -0.4 is 0 Å². The monoisotopic (exact) mass is 214 g/mol. The molecule has 0 heterocycles. The smallest absolute Gasteiger partial charge is 0.134 e. The average molecular weight is 215 g/mol. The molecule has 1 rings (SSSR count). The van der Waals surface area contributed by atoms with Gasteiger partial charge in [0.1, 0.15) is 5.75 Å². The number of hydrogen-bond acceptors (Lipinski definition) is 2. The number of hydrogen-bond donors (Lipinski definition) is 2. The van der Waals surface area contributed by atoms with Gasteiger partial charge in [0.2, 0.25) is 0 Å². The third kappa shape index (κ3) is 2.98. The van der Waals surface area contributed by atoms with Gasteiger partial charge in [0.25, 0.3) is 0 Å². The van der Waals surface area contributed by atoms with Crippen molar-refractivity contribution in [1.29, 1.82) is 0 Å². The van der Waals surface area contributed by atoms with Gasteiger partial charge in [-0.1, -0.05) is 35.9 Å². The predicted octanol–water partition coefficient (Wildman–Crippen LogP) is 3.38. The summed E-state index contributed by atoms with van der Waals surface area (Å²) in [6.07, 6.45) is 4.76. The maximum absolute atomic E-state index is 9.28. The molecule has 0 saturated heterocycles. The first-order valence-corrected chi connectivity index (χ1v) is 5.01. The van der Waals surface area contributed by atoms with Crippen molar-refractivity contribution in [1.82, 2.24) is 0 Å². The molecule has 0 radical (unpaired) electrons. The quantitative estimate of drug-likeness (QED) is 0.740. The molecule has 0 unspecified atom stereocenters. The molecule has 0 bridgehead atoms. The first-order valence-electron chi connectivity index (χ1n) is 4.00. The molecule has 0 aliphatic heterocycles. The number of allylic oxidation sites excluding steroid dienone is 1. The van der Waals surface area contributed by atoms with Crippen LogP contribution in [0.25, 0.3) is 6.08 Å². The fourth-order valence-electron chi connectivity index (χ4n) is 0.951. The van der Waals surface area contributed by atoms with Gasteiger partial charge in [-0.3, -0.25) is 0 Å². The van der Waals surface area contributed by atoms with Gasteiger partial charge < -0.3 is 5.11 Å². The Labute approximate surface area is 88.5 Å². The van der Waals surface area contributed by atoms with Gasteiger partial charge in [-0.05, 0) is 23.8 Å². The zero-order valence-corrected chi connectivity index (χ0v) is 8.72. The Hall–Kier alpha value is -0.600. The Morgan fingerprint density at radius 3 is 2.92 bits per heavy atom. The molecule has 0 spiro atoms. The van der Waals surface area contributed by atoms with Gasteiger partial charge in [-0.15, -0.1) is 0 Å². The summed E-state index contributed by atoms with van der Waals surface area (Å²) in [6, 6.07) is 5.19. The van der Waals surface area contributed by atoms with E-state index in [4.69, 9.17) is 11.6 Å². The van der Waals surface area contributed by atoms with Crippen molar-refractivity contribution in [3.05, 3.63) is 34.9 Å². The third-order valence-corrected chi connectivity index (χ3v) is 2.27. The standard InChI is InChI=1S/C10H11ClOS/c11-10-8(4-1-2-7-13)5-3-6-9(10)12/h1,3-6,12-13H,2,7H2. The lowest BCUT2D eigenvalue weighted by atomic mass is 10.2. The van der Waals surface area contributed by atoms with E-state index in [1.54, 1.807) is 12.1 Å². The molecule has 3 heteroatoms. The molecule has 0 aliphatic carbocycles. The number of thiol groups is 1. The second-order valence-corrected chi connectivity index (χ2v) is 3.42. The van der Waals surface area contributed by atoms with E-state index < -0.39 is 0 Å². The first-order chi connectivity index (χ1) is 6.25. The average Bonchev–Trinajstić information content (AvgIpc) is 2.13. The summed E-state index contributed by atoms with van der Waals surface area (Å²) in [5.41, 5.74) is 0.837. The lowest BCUT2D eigenvalue weighted by Crippen LogP contribution is -1.76. The SMILES string of the molecule is Oc1cccc(C=CCCS)c1Cl. The predicted molar refractivity (Wildman–Crippen MR) is 60.6 cm³/mol. The topological polar surface area (TPSA) is 20.2 Å². The van der Waals surface area contributed by atoms with Crippen LogP contribution in [0, 0.1) is 0 Å². The van der Waals surface area contributed by atoms with Gasteiger partial charge in [-0.25, -0.2) is 0 Å². The molecule has 1 aromatic carbocycles. The summed E-state index contributed by atoms with van der Waals surface area (Å²) in [4.78, 5) is 0. The summed E-state index contributed by atoms with van der Waals surface area (Å²) in [7, 11) is 0. The molecule has 13 heavy (non-hydrogen) atoms. The largest absolute Gasteiger partial charge is 0.506 e. The van der Waals surface area contributed by atoms with E-state index in [2.05, 4.69) is 12.6 Å². The molecule has 1 aromatic rings. The summed E-state index contributed by atoms with van der Waals surface area (Å²) >= 11 is 9.93. The van der Waals surface area contributed by atoms with Crippen molar-refractivity contribution in [2.24, 2.45) is 0 Å². The zero-order chi connectivity index (χ0) is 9.68. The van der Waals surface area contributed by atoms with Crippen LogP contribution in [0.2, 0.25) is 5.02 Å². The highest BCUT2D eigenvalue weighted by Gasteiger charge is 2.00. The van der Waals surface area contributed by atoms with E-state index >= 15 is 0 Å². The molecular formula is C10H11ClOS. The molecular weight excluding hydrogens is 204 g/mol. The third-order valence-electron chi connectivity index (χ3n) is 1.60. The summed E-state index contributed by atoms with van der Waals surface area (Å²) in [5, 5.41) is 9.68. The molecule has 70 valence electrons. The fourth-order valence-corrected chi connectivity index (χ4v) is 1.29. The van der Waals surface area contributed by atoms with E-state index in [1.807, 2.05) is 18.2 Å². The minimum absolute atomic E-state index is 0.120. The fraction of sp³-hybridized carbons (Fsp3) is 0.200. The lowest BCUT2D eigenvalue weighted by molar-refractivity contribution is 0.475. The summed E-state index contributed by atoms with van der Waals surface area (Å²) < 4.78 is 0. The molecule has 1 N–H and O–H groups in total. The molecule has 0 fully saturated rings.